The number of rotatable bonds is 4. The van der Waals surface area contributed by atoms with Crippen LogP contribution in [0.2, 0.25) is 0 Å². The Bertz CT molecular complexity index is 409. The Morgan fingerprint density at radius 3 is 2.38 bits per heavy atom. The molecule has 0 aromatic carbocycles. The summed E-state index contributed by atoms with van der Waals surface area (Å²) in [6.45, 7) is 4.30. The van der Waals surface area contributed by atoms with Crippen LogP contribution < -0.4 is 0 Å². The Balaban J connectivity index is 2.76. The van der Waals surface area contributed by atoms with Crippen molar-refractivity contribution in [2.75, 3.05) is 33.7 Å². The van der Waals surface area contributed by atoms with Gasteiger partial charge in [-0.2, -0.15) is 0 Å². The fourth-order valence-electron chi connectivity index (χ4n) is 2.53. The number of urea groups is 1. The third kappa shape index (κ3) is 4.61. The molecule has 7 heteroatoms. The molecule has 1 saturated heterocycles. The van der Waals surface area contributed by atoms with Gasteiger partial charge in [0.1, 0.15) is 6.54 Å². The van der Waals surface area contributed by atoms with Crippen molar-refractivity contribution >= 4 is 17.9 Å². The molecular formula is C14H25N3O4. The van der Waals surface area contributed by atoms with Crippen molar-refractivity contribution in [3.63, 3.8) is 0 Å². The number of piperidine rings is 1. The van der Waals surface area contributed by atoms with E-state index in [2.05, 4.69) is 0 Å². The van der Waals surface area contributed by atoms with Crippen LogP contribution in [0.4, 0.5) is 4.79 Å². The lowest BCUT2D eigenvalue weighted by Gasteiger charge is -2.36. The van der Waals surface area contributed by atoms with E-state index in [4.69, 9.17) is 5.11 Å². The Hall–Kier alpha value is -1.79. The van der Waals surface area contributed by atoms with E-state index < -0.39 is 5.97 Å². The summed E-state index contributed by atoms with van der Waals surface area (Å²) in [5.74, 6) is -1.51. The van der Waals surface area contributed by atoms with Gasteiger partial charge in [-0.25, -0.2) is 4.79 Å². The fourth-order valence-corrected chi connectivity index (χ4v) is 2.53. The van der Waals surface area contributed by atoms with Crippen molar-refractivity contribution in [2.24, 2.45) is 5.92 Å². The van der Waals surface area contributed by atoms with Crippen LogP contribution in [-0.4, -0.2) is 77.5 Å². The quantitative estimate of drug-likeness (QED) is 0.828. The van der Waals surface area contributed by atoms with Crippen molar-refractivity contribution < 1.29 is 19.5 Å². The maximum Gasteiger partial charge on any atom is 0.323 e. The Kier molecular flexibility index (Phi) is 5.99. The van der Waals surface area contributed by atoms with Gasteiger partial charge in [0.25, 0.3) is 0 Å². The van der Waals surface area contributed by atoms with E-state index in [-0.39, 0.29) is 30.4 Å². The van der Waals surface area contributed by atoms with Crippen LogP contribution in [0.25, 0.3) is 0 Å². The van der Waals surface area contributed by atoms with Gasteiger partial charge in [0.2, 0.25) is 5.91 Å². The fraction of sp³-hybridized carbons (Fsp3) is 0.786. The topological polar surface area (TPSA) is 81.2 Å². The predicted molar refractivity (Wildman–Crippen MR) is 77.9 cm³/mol. The third-order valence-electron chi connectivity index (χ3n) is 3.64. The second kappa shape index (κ2) is 7.28. The zero-order chi connectivity index (χ0) is 16.2. The molecule has 1 N–H and O–H groups in total. The lowest BCUT2D eigenvalue weighted by molar-refractivity contribution is -0.148. The molecule has 1 heterocycles. The molecule has 0 spiro atoms. The van der Waals surface area contributed by atoms with Crippen LogP contribution >= 0.6 is 0 Å². The van der Waals surface area contributed by atoms with Crippen LogP contribution in [0.15, 0.2) is 0 Å². The molecule has 0 aliphatic carbocycles. The van der Waals surface area contributed by atoms with Crippen molar-refractivity contribution in [3.05, 3.63) is 0 Å². The van der Waals surface area contributed by atoms with Gasteiger partial charge in [-0.15, -0.1) is 0 Å². The molecule has 0 aromatic heterocycles. The molecule has 1 rings (SSSR count). The first kappa shape index (κ1) is 17.3. The standard InChI is InChI=1S/C14H25N3O4/c1-10(2)17(9-12(18)19)13(20)11-6-5-7-16(8-11)14(21)15(3)4/h10-11H,5-9H2,1-4H3,(H,18,19). The number of hydrogen-bond acceptors (Lipinski definition) is 3. The number of nitrogens with zero attached hydrogens (tertiary/aromatic N) is 3. The summed E-state index contributed by atoms with van der Waals surface area (Å²) in [4.78, 5) is 39.9. The molecule has 1 aliphatic rings. The van der Waals surface area contributed by atoms with Gasteiger partial charge in [-0.05, 0) is 26.7 Å². The SMILES string of the molecule is CC(C)N(CC(=O)O)C(=O)C1CCCN(C(=O)N(C)C)C1. The van der Waals surface area contributed by atoms with Crippen LogP contribution in [0.1, 0.15) is 26.7 Å². The van der Waals surface area contributed by atoms with Gasteiger partial charge >= 0.3 is 12.0 Å². The molecule has 1 unspecified atom stereocenters. The third-order valence-corrected chi connectivity index (χ3v) is 3.64. The number of aliphatic carboxylic acids is 1. The predicted octanol–water partition coefficient (Wildman–Crippen LogP) is 0.702. The summed E-state index contributed by atoms with van der Waals surface area (Å²) in [5.41, 5.74) is 0. The van der Waals surface area contributed by atoms with Gasteiger partial charge in [-0.1, -0.05) is 0 Å². The molecule has 120 valence electrons. The first-order valence-corrected chi connectivity index (χ1v) is 7.22. The summed E-state index contributed by atoms with van der Waals surface area (Å²) in [5, 5.41) is 8.93. The van der Waals surface area contributed by atoms with Crippen LogP contribution in [-0.2, 0) is 9.59 Å². The molecule has 7 nitrogen and oxygen atoms in total. The van der Waals surface area contributed by atoms with Gasteiger partial charge < -0.3 is 19.8 Å². The zero-order valence-electron chi connectivity index (χ0n) is 13.2. The van der Waals surface area contributed by atoms with E-state index in [0.29, 0.717) is 19.5 Å². The summed E-state index contributed by atoms with van der Waals surface area (Å²) in [6.07, 6.45) is 1.45. The molecule has 0 saturated carbocycles. The van der Waals surface area contributed by atoms with E-state index in [9.17, 15) is 14.4 Å². The number of carbonyl (C=O) groups is 3. The summed E-state index contributed by atoms with van der Waals surface area (Å²) >= 11 is 0. The maximum absolute atomic E-state index is 12.5. The number of carboxylic acids is 1. The van der Waals surface area contributed by atoms with Crippen molar-refractivity contribution in [1.29, 1.82) is 0 Å². The van der Waals surface area contributed by atoms with E-state index in [0.717, 1.165) is 6.42 Å². The average molecular weight is 299 g/mol. The van der Waals surface area contributed by atoms with Gasteiger partial charge in [0.05, 0.1) is 5.92 Å². The smallest absolute Gasteiger partial charge is 0.323 e. The number of likely N-dealkylation sites (tertiary alicyclic amines) is 1. The van der Waals surface area contributed by atoms with E-state index >= 15 is 0 Å². The zero-order valence-corrected chi connectivity index (χ0v) is 13.2. The second-order valence-corrected chi connectivity index (χ2v) is 5.92. The number of carboxylic acid groups (broad SMARTS) is 1. The first-order valence-electron chi connectivity index (χ1n) is 7.22. The van der Waals surface area contributed by atoms with E-state index in [1.165, 1.54) is 9.80 Å². The Morgan fingerprint density at radius 1 is 1.29 bits per heavy atom. The molecule has 0 radical (unpaired) electrons. The highest BCUT2D eigenvalue weighted by atomic mass is 16.4. The number of carbonyl (C=O) groups excluding carboxylic acids is 2. The minimum absolute atomic E-state index is 0.109. The Morgan fingerprint density at radius 2 is 1.90 bits per heavy atom. The van der Waals surface area contributed by atoms with Crippen LogP contribution in [0.3, 0.4) is 0 Å². The van der Waals surface area contributed by atoms with Crippen LogP contribution in [0, 0.1) is 5.92 Å². The molecule has 0 aromatic rings. The summed E-state index contributed by atoms with van der Waals surface area (Å²) < 4.78 is 0. The van der Waals surface area contributed by atoms with Crippen molar-refractivity contribution in [1.82, 2.24) is 14.7 Å². The lowest BCUT2D eigenvalue weighted by atomic mass is 9.96. The summed E-state index contributed by atoms with van der Waals surface area (Å²) in [7, 11) is 3.36. The average Bonchev–Trinajstić information content (AvgIpc) is 2.42. The van der Waals surface area contributed by atoms with Crippen molar-refractivity contribution in [3.8, 4) is 0 Å². The molecule has 3 amide bonds. The monoisotopic (exact) mass is 299 g/mol. The first-order chi connectivity index (χ1) is 9.73. The van der Waals surface area contributed by atoms with Crippen molar-refractivity contribution in [2.45, 2.75) is 32.7 Å². The van der Waals surface area contributed by atoms with E-state index in [1.807, 2.05) is 0 Å². The summed E-state index contributed by atoms with van der Waals surface area (Å²) in [6, 6.07) is -0.282. The molecule has 1 fully saturated rings. The number of amides is 3. The number of hydrogen-bond donors (Lipinski definition) is 1. The van der Waals surface area contributed by atoms with Crippen LogP contribution in [0.5, 0.6) is 0 Å². The normalized spacial score (nSPS) is 18.5. The highest BCUT2D eigenvalue weighted by Gasteiger charge is 2.33. The lowest BCUT2D eigenvalue weighted by Crippen LogP contribution is -2.51. The second-order valence-electron chi connectivity index (χ2n) is 5.92. The molecular weight excluding hydrogens is 274 g/mol. The largest absolute Gasteiger partial charge is 0.480 e. The molecule has 0 bridgehead atoms. The highest BCUT2D eigenvalue weighted by Crippen LogP contribution is 2.20. The molecule has 1 atom stereocenters. The minimum Gasteiger partial charge on any atom is -0.480 e. The van der Waals surface area contributed by atoms with Gasteiger partial charge in [0.15, 0.2) is 0 Å². The Labute approximate surface area is 125 Å². The molecule has 21 heavy (non-hydrogen) atoms. The minimum atomic E-state index is -1.02. The van der Waals surface area contributed by atoms with Gasteiger partial charge in [0, 0.05) is 33.2 Å². The van der Waals surface area contributed by atoms with Gasteiger partial charge in [-0.3, -0.25) is 9.59 Å². The maximum atomic E-state index is 12.5. The van der Waals surface area contributed by atoms with E-state index in [1.54, 1.807) is 32.8 Å². The molecule has 1 aliphatic heterocycles. The highest BCUT2D eigenvalue weighted by molar-refractivity contribution is 5.84.